The maximum Gasteiger partial charge on any atom is 0.256 e. The maximum atomic E-state index is 12.5. The van der Waals surface area contributed by atoms with Crippen molar-refractivity contribution in [2.24, 2.45) is 0 Å². The van der Waals surface area contributed by atoms with Crippen molar-refractivity contribution >= 4 is 33.2 Å². The molecule has 25 heavy (non-hydrogen) atoms. The molecule has 1 amide bonds. The van der Waals surface area contributed by atoms with Crippen LogP contribution >= 0.6 is 15.9 Å². The van der Waals surface area contributed by atoms with Gasteiger partial charge in [-0.15, -0.1) is 0 Å². The summed E-state index contributed by atoms with van der Waals surface area (Å²) in [5.74, 6) is 0.463. The molecular weight excluding hydrogens is 384 g/mol. The van der Waals surface area contributed by atoms with Gasteiger partial charge >= 0.3 is 0 Å². The number of rotatable bonds is 5. The minimum atomic E-state index is -0.181. The molecule has 0 aromatic heterocycles. The third-order valence-electron chi connectivity index (χ3n) is 4.39. The summed E-state index contributed by atoms with van der Waals surface area (Å²) in [6.07, 6.45) is 1.34. The lowest BCUT2D eigenvalue weighted by atomic mass is 10.2. The summed E-state index contributed by atoms with van der Waals surface area (Å²) >= 11 is 3.41. The molecule has 0 aliphatic carbocycles. The lowest BCUT2D eigenvalue weighted by Gasteiger charge is -2.18. The first kappa shape index (κ1) is 17.8. The SMILES string of the molecule is COc1ccc(Br)c(C(=O)Nc2ccc(N3CCC(OC)C3)cc2)c1. The lowest BCUT2D eigenvalue weighted by molar-refractivity contribution is 0.102. The predicted molar refractivity (Wildman–Crippen MR) is 103 cm³/mol. The fourth-order valence-corrected chi connectivity index (χ4v) is 3.34. The third kappa shape index (κ3) is 4.14. The zero-order chi connectivity index (χ0) is 17.8. The van der Waals surface area contributed by atoms with E-state index in [0.717, 1.165) is 35.4 Å². The van der Waals surface area contributed by atoms with Gasteiger partial charge in [0.15, 0.2) is 0 Å². The first-order chi connectivity index (χ1) is 12.1. The molecule has 0 radical (unpaired) electrons. The number of halogens is 1. The van der Waals surface area contributed by atoms with E-state index in [9.17, 15) is 4.79 Å². The molecule has 132 valence electrons. The van der Waals surface area contributed by atoms with Crippen molar-refractivity contribution in [1.29, 1.82) is 0 Å². The molecule has 1 unspecified atom stereocenters. The number of nitrogens with zero attached hydrogens (tertiary/aromatic N) is 1. The highest BCUT2D eigenvalue weighted by molar-refractivity contribution is 9.10. The number of benzene rings is 2. The number of hydrogen-bond acceptors (Lipinski definition) is 4. The minimum Gasteiger partial charge on any atom is -0.497 e. The van der Waals surface area contributed by atoms with Crippen molar-refractivity contribution < 1.29 is 14.3 Å². The molecule has 1 aliphatic rings. The highest BCUT2D eigenvalue weighted by atomic mass is 79.9. The second-order valence-corrected chi connectivity index (χ2v) is 6.79. The summed E-state index contributed by atoms with van der Waals surface area (Å²) in [5.41, 5.74) is 2.43. The number of nitrogens with one attached hydrogen (secondary N) is 1. The van der Waals surface area contributed by atoms with E-state index in [1.165, 1.54) is 0 Å². The van der Waals surface area contributed by atoms with Crippen LogP contribution in [0.3, 0.4) is 0 Å². The van der Waals surface area contributed by atoms with Crippen LogP contribution in [-0.2, 0) is 4.74 Å². The summed E-state index contributed by atoms with van der Waals surface area (Å²) < 4.78 is 11.3. The number of amides is 1. The fraction of sp³-hybridized carbons (Fsp3) is 0.316. The molecule has 1 heterocycles. The Bertz CT molecular complexity index is 749. The van der Waals surface area contributed by atoms with Gasteiger partial charge in [-0.05, 0) is 64.8 Å². The Kier molecular flexibility index (Phi) is 5.60. The topological polar surface area (TPSA) is 50.8 Å². The Balaban J connectivity index is 1.68. The number of carbonyl (C=O) groups excluding carboxylic acids is 1. The van der Waals surface area contributed by atoms with Crippen molar-refractivity contribution in [2.75, 3.05) is 37.5 Å². The fourth-order valence-electron chi connectivity index (χ4n) is 2.91. The van der Waals surface area contributed by atoms with Crippen LogP contribution in [-0.4, -0.2) is 39.3 Å². The summed E-state index contributed by atoms with van der Waals surface area (Å²) in [6.45, 7) is 1.89. The molecular formula is C19H21BrN2O3. The van der Waals surface area contributed by atoms with Crippen LogP contribution in [0, 0.1) is 0 Å². The van der Waals surface area contributed by atoms with E-state index in [4.69, 9.17) is 9.47 Å². The third-order valence-corrected chi connectivity index (χ3v) is 5.08. The highest BCUT2D eigenvalue weighted by Gasteiger charge is 2.22. The van der Waals surface area contributed by atoms with Gasteiger partial charge in [-0.3, -0.25) is 4.79 Å². The lowest BCUT2D eigenvalue weighted by Crippen LogP contribution is -2.22. The second kappa shape index (κ2) is 7.89. The smallest absolute Gasteiger partial charge is 0.256 e. The number of ether oxygens (including phenoxy) is 2. The number of methoxy groups -OCH3 is 2. The quantitative estimate of drug-likeness (QED) is 0.819. The molecule has 1 aliphatic heterocycles. The van der Waals surface area contributed by atoms with Crippen molar-refractivity contribution in [3.63, 3.8) is 0 Å². The highest BCUT2D eigenvalue weighted by Crippen LogP contribution is 2.26. The molecule has 1 saturated heterocycles. The van der Waals surface area contributed by atoms with Gasteiger partial charge in [-0.1, -0.05) is 0 Å². The molecule has 1 N–H and O–H groups in total. The van der Waals surface area contributed by atoms with Gasteiger partial charge in [0, 0.05) is 36.0 Å². The molecule has 5 nitrogen and oxygen atoms in total. The molecule has 2 aromatic carbocycles. The van der Waals surface area contributed by atoms with Crippen LogP contribution < -0.4 is 15.0 Å². The first-order valence-electron chi connectivity index (χ1n) is 8.13. The van der Waals surface area contributed by atoms with Crippen molar-refractivity contribution in [2.45, 2.75) is 12.5 Å². The molecule has 0 bridgehead atoms. The number of carbonyl (C=O) groups is 1. The van der Waals surface area contributed by atoms with Gasteiger partial charge in [0.1, 0.15) is 5.75 Å². The van der Waals surface area contributed by atoms with Gasteiger partial charge in [0.05, 0.1) is 18.8 Å². The Labute approximate surface area is 156 Å². The van der Waals surface area contributed by atoms with E-state index in [1.807, 2.05) is 24.3 Å². The summed E-state index contributed by atoms with van der Waals surface area (Å²) in [4.78, 5) is 14.8. The zero-order valence-electron chi connectivity index (χ0n) is 14.3. The van der Waals surface area contributed by atoms with Crippen LogP contribution in [0.25, 0.3) is 0 Å². The minimum absolute atomic E-state index is 0.181. The molecule has 0 spiro atoms. The van der Waals surface area contributed by atoms with Crippen LogP contribution in [0.2, 0.25) is 0 Å². The van der Waals surface area contributed by atoms with Crippen LogP contribution in [0.15, 0.2) is 46.9 Å². The Morgan fingerprint density at radius 2 is 1.96 bits per heavy atom. The average Bonchev–Trinajstić information content (AvgIpc) is 3.12. The number of anilines is 2. The van der Waals surface area contributed by atoms with Gasteiger partial charge in [0.2, 0.25) is 0 Å². The standard InChI is InChI=1S/C19H21BrN2O3/c1-24-15-7-8-18(20)17(11-15)19(23)21-13-3-5-14(6-4-13)22-10-9-16(12-22)25-2/h3-8,11,16H,9-10,12H2,1-2H3,(H,21,23). The van der Waals surface area contributed by atoms with Crippen LogP contribution in [0.5, 0.6) is 5.75 Å². The Morgan fingerprint density at radius 3 is 2.60 bits per heavy atom. The molecule has 1 fully saturated rings. The first-order valence-corrected chi connectivity index (χ1v) is 8.92. The largest absolute Gasteiger partial charge is 0.497 e. The summed E-state index contributed by atoms with van der Waals surface area (Å²) in [7, 11) is 3.33. The average molecular weight is 405 g/mol. The van der Waals surface area contributed by atoms with E-state index in [-0.39, 0.29) is 5.91 Å². The van der Waals surface area contributed by atoms with E-state index in [2.05, 4.69) is 26.1 Å². The zero-order valence-corrected chi connectivity index (χ0v) is 15.9. The molecule has 0 saturated carbocycles. The van der Waals surface area contributed by atoms with Gasteiger partial charge in [-0.25, -0.2) is 0 Å². The second-order valence-electron chi connectivity index (χ2n) is 5.94. The van der Waals surface area contributed by atoms with E-state index >= 15 is 0 Å². The van der Waals surface area contributed by atoms with Gasteiger partial charge < -0.3 is 19.7 Å². The van der Waals surface area contributed by atoms with Crippen molar-refractivity contribution in [3.05, 3.63) is 52.5 Å². The van der Waals surface area contributed by atoms with E-state index in [1.54, 1.807) is 32.4 Å². The van der Waals surface area contributed by atoms with Crippen molar-refractivity contribution in [1.82, 2.24) is 0 Å². The Morgan fingerprint density at radius 1 is 1.20 bits per heavy atom. The molecule has 2 aromatic rings. The normalized spacial score (nSPS) is 16.8. The maximum absolute atomic E-state index is 12.5. The monoisotopic (exact) mass is 404 g/mol. The Hall–Kier alpha value is -2.05. The molecule has 3 rings (SSSR count). The molecule has 6 heteroatoms. The van der Waals surface area contributed by atoms with Gasteiger partial charge in [0.25, 0.3) is 5.91 Å². The van der Waals surface area contributed by atoms with Crippen LogP contribution in [0.4, 0.5) is 11.4 Å². The van der Waals surface area contributed by atoms with Gasteiger partial charge in [-0.2, -0.15) is 0 Å². The van der Waals surface area contributed by atoms with E-state index in [0.29, 0.717) is 17.4 Å². The van der Waals surface area contributed by atoms with Crippen molar-refractivity contribution in [3.8, 4) is 5.75 Å². The molecule has 1 atom stereocenters. The van der Waals surface area contributed by atoms with E-state index < -0.39 is 0 Å². The summed E-state index contributed by atoms with van der Waals surface area (Å²) in [5, 5.41) is 2.92. The number of hydrogen-bond donors (Lipinski definition) is 1. The summed E-state index contributed by atoms with van der Waals surface area (Å²) in [6, 6.07) is 13.2. The predicted octanol–water partition coefficient (Wildman–Crippen LogP) is 3.94. The van der Waals surface area contributed by atoms with Crippen LogP contribution in [0.1, 0.15) is 16.8 Å².